The lowest BCUT2D eigenvalue weighted by Crippen LogP contribution is -2.45. The van der Waals surface area contributed by atoms with Gasteiger partial charge in [0, 0.05) is 13.1 Å². The molecule has 120 valence electrons. The Hall–Kier alpha value is -2.08. The van der Waals surface area contributed by atoms with Gasteiger partial charge >= 0.3 is 0 Å². The summed E-state index contributed by atoms with van der Waals surface area (Å²) >= 11 is 0. The molecule has 5 nitrogen and oxygen atoms in total. The Morgan fingerprint density at radius 1 is 1.26 bits per heavy atom. The maximum atomic E-state index is 12.6. The predicted molar refractivity (Wildman–Crippen MR) is 87.9 cm³/mol. The van der Waals surface area contributed by atoms with Crippen LogP contribution < -0.4 is 5.32 Å². The van der Waals surface area contributed by atoms with Gasteiger partial charge in [-0.2, -0.15) is 10.5 Å². The van der Waals surface area contributed by atoms with E-state index in [0.29, 0.717) is 12.1 Å². The van der Waals surface area contributed by atoms with Crippen molar-refractivity contribution in [3.63, 3.8) is 0 Å². The van der Waals surface area contributed by atoms with E-state index in [4.69, 9.17) is 10.5 Å². The Morgan fingerprint density at radius 3 is 2.65 bits per heavy atom. The second kappa shape index (κ2) is 7.46. The van der Waals surface area contributed by atoms with Gasteiger partial charge in [-0.05, 0) is 42.9 Å². The maximum absolute atomic E-state index is 12.6. The van der Waals surface area contributed by atoms with Crippen molar-refractivity contribution in [1.29, 1.82) is 10.5 Å². The Morgan fingerprint density at radius 2 is 2.00 bits per heavy atom. The number of likely N-dealkylation sites (tertiary alicyclic amines) is 1. The normalized spacial score (nSPS) is 26.2. The van der Waals surface area contributed by atoms with E-state index in [1.54, 1.807) is 4.90 Å². The summed E-state index contributed by atoms with van der Waals surface area (Å²) in [5.41, 5.74) is 1.80. The zero-order chi connectivity index (χ0) is 15.5. The molecule has 6 heteroatoms. The topological polar surface area (TPSA) is 79.9 Å². The first-order valence-corrected chi connectivity index (χ1v) is 7.66. The number of halogens is 1. The molecule has 1 N–H and O–H groups in total. The lowest BCUT2D eigenvalue weighted by Gasteiger charge is -2.23. The Labute approximate surface area is 142 Å². The number of hydrogen-bond acceptors (Lipinski definition) is 4. The number of rotatable bonds is 2. The summed E-state index contributed by atoms with van der Waals surface area (Å²) in [6, 6.07) is 11.4. The number of hydrogen-bond donors (Lipinski definition) is 1. The second-order valence-corrected chi connectivity index (χ2v) is 5.95. The predicted octanol–water partition coefficient (Wildman–Crippen LogP) is 1.94. The summed E-state index contributed by atoms with van der Waals surface area (Å²) in [5.74, 6) is 0.338. The van der Waals surface area contributed by atoms with Crippen molar-refractivity contribution in [2.24, 2.45) is 0 Å². The Balaban J connectivity index is 0.00000192. The second-order valence-electron chi connectivity index (χ2n) is 5.95. The van der Waals surface area contributed by atoms with Crippen molar-refractivity contribution in [3.8, 4) is 12.1 Å². The number of nitrogens with one attached hydrogen (secondary N) is 1. The van der Waals surface area contributed by atoms with E-state index in [2.05, 4.69) is 17.5 Å². The average molecular weight is 331 g/mol. The fraction of sp³-hybridized carbons (Fsp3) is 0.471. The third-order valence-electron chi connectivity index (χ3n) is 4.63. The van der Waals surface area contributed by atoms with Crippen LogP contribution >= 0.6 is 12.4 Å². The lowest BCUT2D eigenvalue weighted by atomic mass is 9.95. The third-order valence-corrected chi connectivity index (χ3v) is 4.63. The molecule has 0 bridgehead atoms. The Kier molecular flexibility index (Phi) is 5.60. The van der Waals surface area contributed by atoms with Crippen molar-refractivity contribution < 1.29 is 4.79 Å². The van der Waals surface area contributed by atoms with Crippen LogP contribution in [0.1, 0.15) is 36.3 Å². The molecule has 2 heterocycles. The molecular weight excluding hydrogens is 312 g/mol. The van der Waals surface area contributed by atoms with Crippen molar-refractivity contribution in [1.82, 2.24) is 10.2 Å². The lowest BCUT2D eigenvalue weighted by molar-refractivity contribution is -0.133. The molecule has 3 rings (SSSR count). The van der Waals surface area contributed by atoms with Gasteiger partial charge in [-0.1, -0.05) is 12.1 Å². The molecule has 2 fully saturated rings. The van der Waals surface area contributed by atoms with Crippen molar-refractivity contribution in [2.45, 2.75) is 37.3 Å². The highest BCUT2D eigenvalue weighted by Gasteiger charge is 2.37. The SMILES string of the molecule is Cl.N#Cc1ccc([C@@H]2CN[C@H](C(=O)N3CCC[C@H]3C#N)C2)cc1. The minimum atomic E-state index is -0.261. The van der Waals surface area contributed by atoms with Gasteiger partial charge in [0.1, 0.15) is 6.04 Å². The fourth-order valence-electron chi connectivity index (χ4n) is 3.37. The molecular formula is C17H19ClN4O. The van der Waals surface area contributed by atoms with Crippen molar-refractivity contribution >= 4 is 18.3 Å². The number of carbonyl (C=O) groups excluding carboxylic acids is 1. The smallest absolute Gasteiger partial charge is 0.240 e. The quantitative estimate of drug-likeness (QED) is 0.898. The highest BCUT2D eigenvalue weighted by molar-refractivity contribution is 5.85. The van der Waals surface area contributed by atoms with Crippen LogP contribution in [-0.4, -0.2) is 36.0 Å². The molecule has 1 aromatic rings. The van der Waals surface area contributed by atoms with Crippen molar-refractivity contribution in [2.75, 3.05) is 13.1 Å². The largest absolute Gasteiger partial charge is 0.325 e. The molecule has 1 aromatic carbocycles. The van der Waals surface area contributed by atoms with E-state index in [1.165, 1.54) is 0 Å². The summed E-state index contributed by atoms with van der Waals surface area (Å²) < 4.78 is 0. The van der Waals surface area contributed by atoms with Crippen LogP contribution in [0.4, 0.5) is 0 Å². The van der Waals surface area contributed by atoms with Crippen LogP contribution in [0.2, 0.25) is 0 Å². The molecule has 23 heavy (non-hydrogen) atoms. The van der Waals surface area contributed by atoms with E-state index in [9.17, 15) is 4.79 Å². The number of nitriles is 2. The Bertz CT molecular complexity index is 646. The minimum Gasteiger partial charge on any atom is -0.325 e. The zero-order valence-electron chi connectivity index (χ0n) is 12.7. The van der Waals surface area contributed by atoms with E-state index in [-0.39, 0.29) is 36.3 Å². The van der Waals surface area contributed by atoms with Gasteiger partial charge in [-0.25, -0.2) is 0 Å². The summed E-state index contributed by atoms with van der Waals surface area (Å²) in [5, 5.41) is 21.2. The van der Waals surface area contributed by atoms with Crippen LogP contribution in [0.15, 0.2) is 24.3 Å². The monoisotopic (exact) mass is 330 g/mol. The minimum absolute atomic E-state index is 0. The summed E-state index contributed by atoms with van der Waals surface area (Å²) in [6.45, 7) is 1.45. The van der Waals surface area contributed by atoms with E-state index in [0.717, 1.165) is 31.4 Å². The van der Waals surface area contributed by atoms with Gasteiger partial charge in [-0.15, -0.1) is 12.4 Å². The molecule has 2 aliphatic heterocycles. The summed E-state index contributed by atoms with van der Waals surface area (Å²) in [4.78, 5) is 14.3. The molecule has 0 unspecified atom stereocenters. The molecule has 0 radical (unpaired) electrons. The molecule has 2 saturated heterocycles. The van der Waals surface area contributed by atoms with Crippen LogP contribution in [0.25, 0.3) is 0 Å². The van der Waals surface area contributed by atoms with Crippen molar-refractivity contribution in [3.05, 3.63) is 35.4 Å². The van der Waals surface area contributed by atoms with Crippen LogP contribution in [0.5, 0.6) is 0 Å². The molecule has 0 saturated carbocycles. The van der Waals surface area contributed by atoms with Crippen LogP contribution in [0.3, 0.4) is 0 Å². The van der Waals surface area contributed by atoms with E-state index in [1.807, 2.05) is 24.3 Å². The molecule has 2 aliphatic rings. The average Bonchev–Trinajstić information content (AvgIpc) is 3.23. The zero-order valence-corrected chi connectivity index (χ0v) is 13.6. The molecule has 0 aliphatic carbocycles. The highest BCUT2D eigenvalue weighted by Crippen LogP contribution is 2.28. The first kappa shape index (κ1) is 17.3. The van der Waals surface area contributed by atoms with Gasteiger partial charge in [-0.3, -0.25) is 4.79 Å². The van der Waals surface area contributed by atoms with Gasteiger partial charge < -0.3 is 10.2 Å². The molecule has 0 spiro atoms. The number of benzene rings is 1. The highest BCUT2D eigenvalue weighted by atomic mass is 35.5. The van der Waals surface area contributed by atoms with Gasteiger partial charge in [0.25, 0.3) is 0 Å². The first-order chi connectivity index (χ1) is 10.7. The standard InChI is InChI=1S/C17H18N4O.ClH/c18-9-12-3-5-13(6-4-12)14-8-16(20-11-14)17(22)21-7-1-2-15(21)10-19;/h3-6,14-16,20H,1-2,7-8,11H2;1H/t14-,15-,16-;/m0./s1. The summed E-state index contributed by atoms with van der Waals surface area (Å²) in [7, 11) is 0. The molecule has 0 aromatic heterocycles. The van der Waals surface area contributed by atoms with Crippen LogP contribution in [0, 0.1) is 22.7 Å². The fourth-order valence-corrected chi connectivity index (χ4v) is 3.37. The summed E-state index contributed by atoms with van der Waals surface area (Å²) in [6.07, 6.45) is 2.45. The van der Waals surface area contributed by atoms with Gasteiger partial charge in [0.05, 0.1) is 23.7 Å². The van der Waals surface area contributed by atoms with Gasteiger partial charge in [0.15, 0.2) is 0 Å². The van der Waals surface area contributed by atoms with Crippen LogP contribution in [-0.2, 0) is 4.79 Å². The number of nitrogens with zero attached hydrogens (tertiary/aromatic N) is 3. The maximum Gasteiger partial charge on any atom is 0.240 e. The van der Waals surface area contributed by atoms with E-state index >= 15 is 0 Å². The van der Waals surface area contributed by atoms with E-state index < -0.39 is 0 Å². The third kappa shape index (κ3) is 3.47. The van der Waals surface area contributed by atoms with Gasteiger partial charge in [0.2, 0.25) is 5.91 Å². The molecule has 3 atom stereocenters. The first-order valence-electron chi connectivity index (χ1n) is 7.66. The molecule has 1 amide bonds. The number of carbonyl (C=O) groups is 1. The number of amides is 1.